The average Bonchev–Trinajstić information content (AvgIpc) is 2.94. The van der Waals surface area contributed by atoms with Crippen LogP contribution >= 0.6 is 11.8 Å². The van der Waals surface area contributed by atoms with Crippen LogP contribution in [0.3, 0.4) is 0 Å². The smallest absolute Gasteiger partial charge is 0.362 e. The number of thioether (sulfide) groups is 1. The first-order valence-electron chi connectivity index (χ1n) is 9.20. The lowest BCUT2D eigenvalue weighted by Gasteiger charge is -2.43. The van der Waals surface area contributed by atoms with E-state index < -0.39 is 53.3 Å². The number of ether oxygens (including phenoxy) is 3. The molecule has 1 amide bonds. The number of carbonyl (C=O) groups excluding carboxylic acids is 3. The van der Waals surface area contributed by atoms with Gasteiger partial charge in [0.1, 0.15) is 16.9 Å². The van der Waals surface area contributed by atoms with E-state index in [-0.39, 0.29) is 16.5 Å². The number of nitrogens with zero attached hydrogens (tertiary/aromatic N) is 1. The number of esters is 2. The van der Waals surface area contributed by atoms with E-state index in [0.717, 1.165) is 17.8 Å². The van der Waals surface area contributed by atoms with Crippen molar-refractivity contribution in [1.82, 2.24) is 4.90 Å². The SMILES string of the molecule is C[C@@H](O)[C@H]1C(=O)N2C(C(=O)OCOC(=O)C(C)(C)C)=C(Oc3cccc(F)c3)SC12. The normalized spacial score (nSPS) is 21.7. The van der Waals surface area contributed by atoms with Gasteiger partial charge < -0.3 is 19.3 Å². The molecular formula is C20H22FNO7S. The number of halogens is 1. The fraction of sp³-hybridized carbons (Fsp3) is 0.450. The molecule has 1 aromatic rings. The molecule has 0 spiro atoms. The van der Waals surface area contributed by atoms with Crippen LogP contribution in [0, 0.1) is 17.2 Å². The largest absolute Gasteiger partial charge is 0.448 e. The maximum absolute atomic E-state index is 13.5. The third-order valence-corrected chi connectivity index (χ3v) is 5.69. The quantitative estimate of drug-likeness (QED) is 0.410. The minimum Gasteiger partial charge on any atom is -0.448 e. The van der Waals surface area contributed by atoms with Crippen LogP contribution in [-0.2, 0) is 23.9 Å². The van der Waals surface area contributed by atoms with E-state index in [2.05, 4.69) is 0 Å². The summed E-state index contributed by atoms with van der Waals surface area (Å²) in [6.45, 7) is 5.80. The minimum absolute atomic E-state index is 0.0363. The number of fused-ring (bicyclic) bond motifs is 1. The van der Waals surface area contributed by atoms with Gasteiger partial charge in [0, 0.05) is 6.07 Å². The molecule has 3 atom stereocenters. The van der Waals surface area contributed by atoms with Crippen LogP contribution in [0.15, 0.2) is 35.1 Å². The summed E-state index contributed by atoms with van der Waals surface area (Å²) >= 11 is 1.05. The van der Waals surface area contributed by atoms with Gasteiger partial charge in [0.05, 0.1) is 17.4 Å². The van der Waals surface area contributed by atoms with Crippen molar-refractivity contribution in [3.63, 3.8) is 0 Å². The van der Waals surface area contributed by atoms with Crippen molar-refractivity contribution in [3.8, 4) is 5.75 Å². The third kappa shape index (κ3) is 4.29. The summed E-state index contributed by atoms with van der Waals surface area (Å²) in [5, 5.41) is 9.34. The Hall–Kier alpha value is -2.59. The second kappa shape index (κ2) is 8.27. The second-order valence-electron chi connectivity index (χ2n) is 7.91. The Bertz CT molecular complexity index is 909. The van der Waals surface area contributed by atoms with Crippen LogP contribution in [0.4, 0.5) is 4.39 Å². The second-order valence-corrected chi connectivity index (χ2v) is 9.00. The van der Waals surface area contributed by atoms with Gasteiger partial charge in [0.2, 0.25) is 12.7 Å². The molecule has 10 heteroatoms. The Morgan fingerprint density at radius 3 is 2.60 bits per heavy atom. The van der Waals surface area contributed by atoms with Gasteiger partial charge in [-0.3, -0.25) is 14.5 Å². The Morgan fingerprint density at radius 2 is 2.00 bits per heavy atom. The van der Waals surface area contributed by atoms with Crippen molar-refractivity contribution in [1.29, 1.82) is 0 Å². The molecule has 0 radical (unpaired) electrons. The molecule has 2 aliphatic heterocycles. The molecule has 1 saturated heterocycles. The predicted molar refractivity (Wildman–Crippen MR) is 104 cm³/mol. The Balaban J connectivity index is 1.79. The molecule has 2 heterocycles. The molecule has 8 nitrogen and oxygen atoms in total. The number of β-lactam (4-membered cyclic amide) rings is 1. The maximum Gasteiger partial charge on any atom is 0.362 e. The van der Waals surface area contributed by atoms with Crippen molar-refractivity contribution in [3.05, 3.63) is 40.9 Å². The molecule has 1 N–H and O–H groups in total. The zero-order valence-electron chi connectivity index (χ0n) is 16.9. The van der Waals surface area contributed by atoms with Gasteiger partial charge in [-0.2, -0.15) is 0 Å². The summed E-state index contributed by atoms with van der Waals surface area (Å²) in [4.78, 5) is 38.1. The molecule has 1 unspecified atom stereocenters. The fourth-order valence-electron chi connectivity index (χ4n) is 2.87. The lowest BCUT2D eigenvalue weighted by Crippen LogP contribution is -2.60. The predicted octanol–water partition coefficient (Wildman–Crippen LogP) is 2.38. The van der Waals surface area contributed by atoms with Gasteiger partial charge in [-0.05, 0) is 39.8 Å². The zero-order chi connectivity index (χ0) is 22.2. The first kappa shape index (κ1) is 22.1. The summed E-state index contributed by atoms with van der Waals surface area (Å²) in [5.41, 5.74) is -0.952. The van der Waals surface area contributed by atoms with Gasteiger partial charge in [-0.15, -0.1) is 0 Å². The van der Waals surface area contributed by atoms with Gasteiger partial charge in [0.15, 0.2) is 10.8 Å². The van der Waals surface area contributed by atoms with E-state index in [1.54, 1.807) is 20.8 Å². The summed E-state index contributed by atoms with van der Waals surface area (Å²) in [6, 6.07) is 5.30. The first-order chi connectivity index (χ1) is 14.0. The summed E-state index contributed by atoms with van der Waals surface area (Å²) in [5.74, 6) is -3.07. The third-order valence-electron chi connectivity index (χ3n) is 4.46. The molecule has 2 aliphatic rings. The highest BCUT2D eigenvalue weighted by Gasteiger charge is 2.59. The molecule has 1 aromatic carbocycles. The lowest BCUT2D eigenvalue weighted by molar-refractivity contribution is -0.174. The lowest BCUT2D eigenvalue weighted by atomic mass is 9.92. The number of hydrogen-bond donors (Lipinski definition) is 1. The first-order valence-corrected chi connectivity index (χ1v) is 10.1. The molecule has 30 heavy (non-hydrogen) atoms. The fourth-order valence-corrected chi connectivity index (χ4v) is 4.33. The highest BCUT2D eigenvalue weighted by Crippen LogP contribution is 2.50. The molecule has 3 rings (SSSR count). The summed E-state index contributed by atoms with van der Waals surface area (Å²) in [7, 11) is 0. The van der Waals surface area contributed by atoms with E-state index in [0.29, 0.717) is 0 Å². The molecule has 0 aromatic heterocycles. The number of aliphatic hydroxyl groups is 1. The summed E-state index contributed by atoms with van der Waals surface area (Å²) < 4.78 is 29.1. The average molecular weight is 439 g/mol. The number of carbonyl (C=O) groups is 3. The number of rotatable bonds is 6. The number of aliphatic hydroxyl groups excluding tert-OH is 1. The topological polar surface area (TPSA) is 102 Å². The van der Waals surface area contributed by atoms with E-state index in [1.807, 2.05) is 0 Å². The highest BCUT2D eigenvalue weighted by molar-refractivity contribution is 8.03. The van der Waals surface area contributed by atoms with E-state index in [9.17, 15) is 23.9 Å². The van der Waals surface area contributed by atoms with E-state index in [1.165, 1.54) is 30.0 Å². The van der Waals surface area contributed by atoms with Crippen LogP contribution in [-0.4, -0.2) is 46.1 Å². The Morgan fingerprint density at radius 1 is 1.30 bits per heavy atom. The standard InChI is InChI=1S/C20H22FNO7S/c1-10(23)13-15(24)22-14(17(25)27-9-28-19(26)20(2,3)4)18(30-16(13)22)29-12-7-5-6-11(21)8-12/h5-8,10,13,16,23H,9H2,1-4H3/t10-,13+,16?/m1/s1. The Kier molecular flexibility index (Phi) is 6.09. The number of amides is 1. The summed E-state index contributed by atoms with van der Waals surface area (Å²) in [6.07, 6.45) is -0.926. The van der Waals surface area contributed by atoms with Gasteiger partial charge in [-0.25, -0.2) is 9.18 Å². The van der Waals surface area contributed by atoms with Crippen LogP contribution in [0.2, 0.25) is 0 Å². The van der Waals surface area contributed by atoms with Crippen LogP contribution in [0.25, 0.3) is 0 Å². The van der Waals surface area contributed by atoms with Crippen LogP contribution in [0.5, 0.6) is 5.75 Å². The van der Waals surface area contributed by atoms with Crippen molar-refractivity contribution in [2.75, 3.05) is 6.79 Å². The van der Waals surface area contributed by atoms with Gasteiger partial charge >= 0.3 is 11.9 Å². The maximum atomic E-state index is 13.5. The number of hydrogen-bond acceptors (Lipinski definition) is 8. The molecule has 0 aliphatic carbocycles. The zero-order valence-corrected chi connectivity index (χ0v) is 17.7. The number of benzene rings is 1. The molecular weight excluding hydrogens is 417 g/mol. The van der Waals surface area contributed by atoms with Gasteiger partial charge in [0.25, 0.3) is 0 Å². The highest BCUT2D eigenvalue weighted by atomic mass is 32.2. The van der Waals surface area contributed by atoms with Crippen molar-refractivity contribution in [2.45, 2.75) is 39.2 Å². The van der Waals surface area contributed by atoms with Gasteiger partial charge in [-0.1, -0.05) is 17.8 Å². The Labute approximate surface area is 177 Å². The molecule has 0 saturated carbocycles. The van der Waals surface area contributed by atoms with E-state index >= 15 is 0 Å². The van der Waals surface area contributed by atoms with Crippen LogP contribution in [0.1, 0.15) is 27.7 Å². The van der Waals surface area contributed by atoms with E-state index in [4.69, 9.17) is 14.2 Å². The van der Waals surface area contributed by atoms with Crippen molar-refractivity contribution < 1.29 is 38.1 Å². The van der Waals surface area contributed by atoms with Crippen molar-refractivity contribution in [2.24, 2.45) is 11.3 Å². The molecule has 162 valence electrons. The monoisotopic (exact) mass is 439 g/mol. The van der Waals surface area contributed by atoms with Crippen molar-refractivity contribution >= 4 is 29.6 Å². The molecule has 0 bridgehead atoms. The minimum atomic E-state index is -0.935. The van der Waals surface area contributed by atoms with Crippen LogP contribution < -0.4 is 4.74 Å². The molecule has 1 fully saturated rings.